The van der Waals surface area contributed by atoms with Crippen LogP contribution < -0.4 is 5.32 Å². The first-order valence-corrected chi connectivity index (χ1v) is 7.86. The van der Waals surface area contributed by atoms with Gasteiger partial charge in [0.05, 0.1) is 16.3 Å². The number of rotatable bonds is 4. The second-order valence-electron chi connectivity index (χ2n) is 4.47. The number of nitrogens with zero attached hydrogens (tertiary/aromatic N) is 3. The first kappa shape index (κ1) is 15.3. The SMILES string of the molecule is N#CSCC(=O)Nc1ccc(Cl)c(-c2nc3ncccc3o2)c1. The number of anilines is 1. The van der Waals surface area contributed by atoms with Crippen molar-refractivity contribution in [1.29, 1.82) is 5.26 Å². The number of aromatic nitrogens is 2. The zero-order valence-electron chi connectivity index (χ0n) is 11.6. The largest absolute Gasteiger partial charge is 0.434 e. The van der Waals surface area contributed by atoms with Crippen LogP contribution in [0.5, 0.6) is 0 Å². The Kier molecular flexibility index (Phi) is 4.46. The minimum absolute atomic E-state index is 0.0568. The third kappa shape index (κ3) is 3.44. The second-order valence-corrected chi connectivity index (χ2v) is 5.63. The number of halogens is 1. The Hall–Kier alpha value is -2.56. The zero-order chi connectivity index (χ0) is 16.2. The maximum absolute atomic E-state index is 11.7. The summed E-state index contributed by atoms with van der Waals surface area (Å²) in [7, 11) is 0. The van der Waals surface area contributed by atoms with Crippen molar-refractivity contribution in [3.05, 3.63) is 41.6 Å². The minimum Gasteiger partial charge on any atom is -0.434 e. The van der Waals surface area contributed by atoms with Gasteiger partial charge >= 0.3 is 0 Å². The Bertz CT molecular complexity index is 886. The maximum atomic E-state index is 11.7. The number of thioether (sulfide) groups is 1. The molecule has 1 aromatic carbocycles. The lowest BCUT2D eigenvalue weighted by atomic mass is 10.2. The molecule has 0 aliphatic heterocycles. The van der Waals surface area contributed by atoms with Gasteiger partial charge in [0, 0.05) is 11.9 Å². The molecule has 0 saturated carbocycles. The van der Waals surface area contributed by atoms with E-state index in [4.69, 9.17) is 21.3 Å². The average molecular weight is 345 g/mol. The summed E-state index contributed by atoms with van der Waals surface area (Å²) in [5, 5.41) is 13.5. The molecule has 0 aliphatic carbocycles. The Balaban J connectivity index is 1.91. The molecule has 3 aromatic rings. The Morgan fingerprint density at radius 3 is 3.09 bits per heavy atom. The number of oxazole rings is 1. The predicted molar refractivity (Wildman–Crippen MR) is 89.0 cm³/mol. The maximum Gasteiger partial charge on any atom is 0.235 e. The van der Waals surface area contributed by atoms with E-state index in [2.05, 4.69) is 15.3 Å². The number of thiocyanates is 1. The van der Waals surface area contributed by atoms with Gasteiger partial charge in [-0.1, -0.05) is 11.6 Å². The fourth-order valence-corrected chi connectivity index (χ4v) is 2.41. The van der Waals surface area contributed by atoms with Crippen LogP contribution in [0.4, 0.5) is 5.69 Å². The van der Waals surface area contributed by atoms with Gasteiger partial charge in [-0.2, -0.15) is 10.2 Å². The van der Waals surface area contributed by atoms with Crippen molar-refractivity contribution in [2.75, 3.05) is 11.1 Å². The summed E-state index contributed by atoms with van der Waals surface area (Å²) in [6, 6.07) is 8.50. The normalized spacial score (nSPS) is 10.4. The van der Waals surface area contributed by atoms with E-state index in [1.807, 2.05) is 5.40 Å². The molecule has 0 fully saturated rings. The summed E-state index contributed by atoms with van der Waals surface area (Å²) in [6.45, 7) is 0. The molecule has 0 aliphatic rings. The highest BCUT2D eigenvalue weighted by molar-refractivity contribution is 8.04. The quantitative estimate of drug-likeness (QED) is 0.725. The molecule has 2 heterocycles. The van der Waals surface area contributed by atoms with E-state index in [1.165, 1.54) is 0 Å². The van der Waals surface area contributed by atoms with Crippen molar-refractivity contribution in [2.24, 2.45) is 0 Å². The lowest BCUT2D eigenvalue weighted by Crippen LogP contribution is -2.13. The van der Waals surface area contributed by atoms with Gasteiger partial charge in [-0.25, -0.2) is 4.98 Å². The van der Waals surface area contributed by atoms with Crippen LogP contribution in [0.25, 0.3) is 22.7 Å². The number of carbonyl (C=O) groups excluding carboxylic acids is 1. The number of carbonyl (C=O) groups is 1. The van der Waals surface area contributed by atoms with E-state index in [0.717, 1.165) is 11.8 Å². The molecule has 0 bridgehead atoms. The van der Waals surface area contributed by atoms with E-state index >= 15 is 0 Å². The van der Waals surface area contributed by atoms with Crippen LogP contribution in [-0.2, 0) is 4.79 Å². The summed E-state index contributed by atoms with van der Waals surface area (Å²) >= 11 is 7.07. The van der Waals surface area contributed by atoms with Crippen LogP contribution in [0.2, 0.25) is 5.02 Å². The van der Waals surface area contributed by atoms with Crippen LogP contribution in [0, 0.1) is 10.7 Å². The number of fused-ring (bicyclic) bond motifs is 1. The van der Waals surface area contributed by atoms with E-state index in [0.29, 0.717) is 33.4 Å². The molecule has 6 nitrogen and oxygen atoms in total. The van der Waals surface area contributed by atoms with Crippen LogP contribution >= 0.6 is 23.4 Å². The molecular formula is C15H9ClN4O2S. The lowest BCUT2D eigenvalue weighted by Gasteiger charge is -2.06. The minimum atomic E-state index is -0.274. The fourth-order valence-electron chi connectivity index (χ4n) is 1.95. The van der Waals surface area contributed by atoms with E-state index in [1.54, 1.807) is 36.5 Å². The summed E-state index contributed by atoms with van der Waals surface area (Å²) in [6.07, 6.45) is 1.62. The fraction of sp³-hybridized carbons (Fsp3) is 0.0667. The average Bonchev–Trinajstić information content (AvgIpc) is 2.98. The lowest BCUT2D eigenvalue weighted by molar-refractivity contribution is -0.113. The zero-order valence-corrected chi connectivity index (χ0v) is 13.2. The first-order valence-electron chi connectivity index (χ1n) is 6.49. The number of hydrogen-bond donors (Lipinski definition) is 1. The highest BCUT2D eigenvalue weighted by Gasteiger charge is 2.13. The van der Waals surface area contributed by atoms with Gasteiger partial charge in [0.2, 0.25) is 11.8 Å². The summed E-state index contributed by atoms with van der Waals surface area (Å²) < 4.78 is 5.64. The molecule has 1 amide bonds. The van der Waals surface area contributed by atoms with Crippen LogP contribution in [0.15, 0.2) is 40.9 Å². The van der Waals surface area contributed by atoms with Crippen molar-refractivity contribution < 1.29 is 9.21 Å². The summed E-state index contributed by atoms with van der Waals surface area (Å²) in [4.78, 5) is 20.1. The van der Waals surface area contributed by atoms with Crippen LogP contribution in [0.3, 0.4) is 0 Å². The molecule has 0 atom stereocenters. The number of pyridine rings is 1. The number of benzene rings is 1. The monoisotopic (exact) mass is 344 g/mol. The molecule has 0 spiro atoms. The molecule has 0 radical (unpaired) electrons. The molecule has 1 N–H and O–H groups in total. The number of nitriles is 1. The van der Waals surface area contributed by atoms with Gasteiger partial charge in [-0.05, 0) is 42.1 Å². The van der Waals surface area contributed by atoms with E-state index < -0.39 is 0 Å². The molecule has 8 heteroatoms. The number of nitrogens with one attached hydrogen (secondary N) is 1. The summed E-state index contributed by atoms with van der Waals surface area (Å²) in [5.41, 5.74) is 2.13. The van der Waals surface area contributed by atoms with Crippen LogP contribution in [-0.4, -0.2) is 21.6 Å². The van der Waals surface area contributed by atoms with E-state index in [-0.39, 0.29) is 11.7 Å². The summed E-state index contributed by atoms with van der Waals surface area (Å²) in [5.74, 6) is 0.108. The van der Waals surface area contributed by atoms with Gasteiger partial charge in [0.25, 0.3) is 0 Å². The third-order valence-electron chi connectivity index (χ3n) is 2.91. The van der Waals surface area contributed by atoms with Crippen molar-refractivity contribution in [3.63, 3.8) is 0 Å². The van der Waals surface area contributed by atoms with Gasteiger partial charge < -0.3 is 9.73 Å². The topological polar surface area (TPSA) is 91.8 Å². The van der Waals surface area contributed by atoms with Gasteiger partial charge in [-0.15, -0.1) is 0 Å². The highest BCUT2D eigenvalue weighted by Crippen LogP contribution is 2.31. The van der Waals surface area contributed by atoms with Crippen molar-refractivity contribution in [1.82, 2.24) is 9.97 Å². The molecule has 0 saturated heterocycles. The van der Waals surface area contributed by atoms with Gasteiger partial charge in [0.15, 0.2) is 11.2 Å². The molecule has 3 rings (SSSR count). The molecular weight excluding hydrogens is 336 g/mol. The molecule has 23 heavy (non-hydrogen) atoms. The Labute approximate surface area is 140 Å². The smallest absolute Gasteiger partial charge is 0.235 e. The van der Waals surface area contributed by atoms with Crippen molar-refractivity contribution in [2.45, 2.75) is 0 Å². The van der Waals surface area contributed by atoms with E-state index in [9.17, 15) is 4.79 Å². The Morgan fingerprint density at radius 2 is 2.30 bits per heavy atom. The highest BCUT2D eigenvalue weighted by atomic mass is 35.5. The Morgan fingerprint density at radius 1 is 1.43 bits per heavy atom. The van der Waals surface area contributed by atoms with Gasteiger partial charge in [-0.3, -0.25) is 4.79 Å². The number of hydrogen-bond acceptors (Lipinski definition) is 6. The standard InChI is InChI=1S/C15H9ClN4O2S/c16-11-4-3-9(19-13(21)7-23-8-17)6-10(11)15-20-14-12(22-15)2-1-5-18-14/h1-6H,7H2,(H,19,21). The predicted octanol–water partition coefficient (Wildman–Crippen LogP) is 3.70. The van der Waals surface area contributed by atoms with Crippen LogP contribution in [0.1, 0.15) is 0 Å². The first-order chi connectivity index (χ1) is 11.2. The van der Waals surface area contributed by atoms with Gasteiger partial charge in [0.1, 0.15) is 5.40 Å². The van der Waals surface area contributed by atoms with Crippen molar-refractivity contribution >= 4 is 46.2 Å². The van der Waals surface area contributed by atoms with Crippen molar-refractivity contribution in [3.8, 4) is 16.9 Å². The molecule has 0 unspecified atom stereocenters. The second kappa shape index (κ2) is 6.69. The molecule has 2 aromatic heterocycles. The molecule has 114 valence electrons. The number of amides is 1. The third-order valence-corrected chi connectivity index (χ3v) is 3.78.